The van der Waals surface area contributed by atoms with Gasteiger partial charge in [-0.15, -0.1) is 0 Å². The second kappa shape index (κ2) is 7.32. The molecule has 0 atom stereocenters. The summed E-state index contributed by atoms with van der Waals surface area (Å²) >= 11 is 0. The highest BCUT2D eigenvalue weighted by Crippen LogP contribution is 2.04. The van der Waals surface area contributed by atoms with E-state index >= 15 is 0 Å². The molecule has 0 unspecified atom stereocenters. The number of unbranched alkanes of at least 4 members (excludes halogenated alkanes) is 2. The molecule has 0 aromatic carbocycles. The maximum atomic E-state index is 11.2. The third kappa shape index (κ3) is 6.42. The lowest BCUT2D eigenvalue weighted by Crippen LogP contribution is -2.24. The molecule has 0 aliphatic heterocycles. The first-order valence-electron chi connectivity index (χ1n) is 4.60. The highest BCUT2D eigenvalue weighted by atomic mass is 16.7. The molecule has 0 aliphatic rings. The van der Waals surface area contributed by atoms with E-state index in [-0.39, 0.29) is 12.3 Å². The van der Waals surface area contributed by atoms with Gasteiger partial charge in [-0.3, -0.25) is 14.4 Å². The first-order chi connectivity index (χ1) is 6.57. The van der Waals surface area contributed by atoms with Crippen LogP contribution in [0.2, 0.25) is 0 Å². The number of carbonyl (C=O) groups is 2. The molecule has 1 amide bonds. The van der Waals surface area contributed by atoms with Crippen molar-refractivity contribution >= 4 is 11.9 Å². The molecular weight excluding hydrogens is 186 g/mol. The van der Waals surface area contributed by atoms with Crippen LogP contribution in [0.4, 0.5) is 0 Å². The Labute approximate surface area is 83.6 Å². The van der Waals surface area contributed by atoms with Crippen molar-refractivity contribution in [3.05, 3.63) is 0 Å². The SMILES string of the molecule is CON(C)C(=O)CCCCCC(=O)O. The summed E-state index contributed by atoms with van der Waals surface area (Å²) in [5.41, 5.74) is 0. The van der Waals surface area contributed by atoms with Gasteiger partial charge in [-0.05, 0) is 12.8 Å². The lowest BCUT2D eigenvalue weighted by Gasteiger charge is -2.12. The van der Waals surface area contributed by atoms with Crippen LogP contribution in [0.1, 0.15) is 32.1 Å². The van der Waals surface area contributed by atoms with Crippen molar-refractivity contribution in [3.63, 3.8) is 0 Å². The molecule has 5 heteroatoms. The fraction of sp³-hybridized carbons (Fsp3) is 0.778. The zero-order valence-electron chi connectivity index (χ0n) is 8.65. The van der Waals surface area contributed by atoms with Gasteiger partial charge in [0, 0.05) is 19.9 Å². The molecule has 0 saturated carbocycles. The van der Waals surface area contributed by atoms with E-state index in [1.807, 2.05) is 0 Å². The summed E-state index contributed by atoms with van der Waals surface area (Å²) in [6.07, 6.45) is 2.67. The maximum absolute atomic E-state index is 11.2. The van der Waals surface area contributed by atoms with Gasteiger partial charge >= 0.3 is 5.97 Å². The number of nitrogens with zero attached hydrogens (tertiary/aromatic N) is 1. The normalized spacial score (nSPS) is 9.86. The van der Waals surface area contributed by atoms with Gasteiger partial charge < -0.3 is 5.11 Å². The second-order valence-corrected chi connectivity index (χ2v) is 3.03. The Kier molecular flexibility index (Phi) is 6.74. The van der Waals surface area contributed by atoms with Crippen molar-refractivity contribution in [1.82, 2.24) is 5.06 Å². The van der Waals surface area contributed by atoms with Gasteiger partial charge in [0.1, 0.15) is 0 Å². The van der Waals surface area contributed by atoms with Crippen molar-refractivity contribution in [2.45, 2.75) is 32.1 Å². The Morgan fingerprint density at radius 3 is 2.29 bits per heavy atom. The van der Waals surface area contributed by atoms with Crippen LogP contribution in [0.15, 0.2) is 0 Å². The van der Waals surface area contributed by atoms with E-state index in [0.717, 1.165) is 6.42 Å². The van der Waals surface area contributed by atoms with Gasteiger partial charge in [0.2, 0.25) is 5.91 Å². The van der Waals surface area contributed by atoms with Crippen molar-refractivity contribution < 1.29 is 19.5 Å². The highest BCUT2D eigenvalue weighted by molar-refractivity contribution is 5.74. The van der Waals surface area contributed by atoms with E-state index in [4.69, 9.17) is 9.94 Å². The van der Waals surface area contributed by atoms with Crippen LogP contribution in [-0.2, 0) is 14.4 Å². The summed E-state index contributed by atoms with van der Waals surface area (Å²) in [6, 6.07) is 0. The number of hydroxylamine groups is 2. The van der Waals surface area contributed by atoms with E-state index in [0.29, 0.717) is 19.3 Å². The van der Waals surface area contributed by atoms with Gasteiger partial charge in [-0.2, -0.15) is 0 Å². The minimum atomic E-state index is -0.787. The predicted octanol–water partition coefficient (Wildman–Crippen LogP) is 1.04. The molecule has 5 nitrogen and oxygen atoms in total. The van der Waals surface area contributed by atoms with Crippen LogP contribution in [0.5, 0.6) is 0 Å². The standard InChI is InChI=1S/C9H17NO4/c1-10(14-2)8(11)6-4-3-5-7-9(12)13/h3-7H2,1-2H3,(H,12,13). The summed E-state index contributed by atoms with van der Waals surface area (Å²) in [5.74, 6) is -0.867. The molecule has 0 spiro atoms. The first-order valence-corrected chi connectivity index (χ1v) is 4.60. The lowest BCUT2D eigenvalue weighted by molar-refractivity contribution is -0.168. The van der Waals surface area contributed by atoms with E-state index in [1.54, 1.807) is 7.05 Å². The Morgan fingerprint density at radius 2 is 1.79 bits per heavy atom. The third-order valence-corrected chi connectivity index (χ3v) is 1.91. The molecule has 0 aromatic heterocycles. The Balaban J connectivity index is 3.36. The molecule has 0 aromatic rings. The predicted molar refractivity (Wildman–Crippen MR) is 50.5 cm³/mol. The van der Waals surface area contributed by atoms with Crippen LogP contribution >= 0.6 is 0 Å². The molecule has 0 radical (unpaired) electrons. The summed E-state index contributed by atoms with van der Waals surface area (Å²) < 4.78 is 0. The molecule has 0 aliphatic carbocycles. The minimum Gasteiger partial charge on any atom is -0.481 e. The smallest absolute Gasteiger partial charge is 0.303 e. The fourth-order valence-electron chi connectivity index (χ4n) is 0.988. The van der Waals surface area contributed by atoms with Gasteiger partial charge in [0.25, 0.3) is 0 Å². The fourth-order valence-corrected chi connectivity index (χ4v) is 0.988. The van der Waals surface area contributed by atoms with Crippen LogP contribution in [0, 0.1) is 0 Å². The average Bonchev–Trinajstić information content (AvgIpc) is 2.15. The number of hydrogen-bond donors (Lipinski definition) is 1. The Bertz CT molecular complexity index is 193. The topological polar surface area (TPSA) is 66.8 Å². The number of carboxylic acids is 1. The number of aliphatic carboxylic acids is 1. The summed E-state index contributed by atoms with van der Waals surface area (Å²) in [4.78, 5) is 26.0. The zero-order valence-corrected chi connectivity index (χ0v) is 8.65. The molecule has 14 heavy (non-hydrogen) atoms. The zero-order chi connectivity index (χ0) is 11.0. The van der Waals surface area contributed by atoms with E-state index < -0.39 is 5.97 Å². The van der Waals surface area contributed by atoms with Gasteiger partial charge in [0.15, 0.2) is 0 Å². The average molecular weight is 203 g/mol. The minimum absolute atomic E-state index is 0.0807. The van der Waals surface area contributed by atoms with Crippen LogP contribution in [-0.4, -0.2) is 36.2 Å². The Morgan fingerprint density at radius 1 is 1.21 bits per heavy atom. The van der Waals surface area contributed by atoms with Crippen molar-refractivity contribution in [1.29, 1.82) is 0 Å². The van der Waals surface area contributed by atoms with Crippen LogP contribution in [0.25, 0.3) is 0 Å². The van der Waals surface area contributed by atoms with E-state index in [1.165, 1.54) is 12.2 Å². The maximum Gasteiger partial charge on any atom is 0.303 e. The molecule has 82 valence electrons. The molecule has 0 bridgehead atoms. The van der Waals surface area contributed by atoms with Gasteiger partial charge in [0.05, 0.1) is 7.11 Å². The number of carboxylic acid groups (broad SMARTS) is 1. The van der Waals surface area contributed by atoms with Crippen molar-refractivity contribution in [3.8, 4) is 0 Å². The summed E-state index contributed by atoms with van der Waals surface area (Å²) in [5, 5.41) is 9.53. The summed E-state index contributed by atoms with van der Waals surface area (Å²) in [7, 11) is 2.99. The number of amides is 1. The second-order valence-electron chi connectivity index (χ2n) is 3.03. The van der Waals surface area contributed by atoms with Crippen molar-refractivity contribution in [2.75, 3.05) is 14.2 Å². The molecule has 0 rings (SSSR count). The van der Waals surface area contributed by atoms with Crippen LogP contribution in [0.3, 0.4) is 0 Å². The van der Waals surface area contributed by atoms with Crippen LogP contribution < -0.4 is 0 Å². The molecule has 1 N–H and O–H groups in total. The molecule has 0 saturated heterocycles. The quantitative estimate of drug-likeness (QED) is 0.496. The molecule has 0 fully saturated rings. The Hall–Kier alpha value is -1.10. The number of rotatable bonds is 7. The lowest BCUT2D eigenvalue weighted by atomic mass is 10.1. The number of carbonyl (C=O) groups excluding carboxylic acids is 1. The van der Waals surface area contributed by atoms with E-state index in [9.17, 15) is 9.59 Å². The summed E-state index contributed by atoms with van der Waals surface area (Å²) in [6.45, 7) is 0. The molecule has 0 heterocycles. The largest absolute Gasteiger partial charge is 0.481 e. The van der Waals surface area contributed by atoms with Gasteiger partial charge in [-0.25, -0.2) is 5.06 Å². The first kappa shape index (κ1) is 12.9. The highest BCUT2D eigenvalue weighted by Gasteiger charge is 2.06. The third-order valence-electron chi connectivity index (χ3n) is 1.91. The van der Waals surface area contributed by atoms with Crippen molar-refractivity contribution in [2.24, 2.45) is 0 Å². The van der Waals surface area contributed by atoms with E-state index in [2.05, 4.69) is 0 Å². The monoisotopic (exact) mass is 203 g/mol. The number of hydrogen-bond acceptors (Lipinski definition) is 3. The molecular formula is C9H17NO4. The van der Waals surface area contributed by atoms with Gasteiger partial charge in [-0.1, -0.05) is 6.42 Å².